The fraction of sp³-hybridized carbons (Fsp3) is 0.733. The van der Waals surface area contributed by atoms with Crippen molar-refractivity contribution in [2.24, 2.45) is 5.92 Å². The molecule has 1 rings (SSSR count). The second-order valence-corrected chi connectivity index (χ2v) is 28.3. The van der Waals surface area contributed by atoms with Crippen molar-refractivity contribution in [2.45, 2.75) is 132 Å². The van der Waals surface area contributed by atoms with E-state index in [2.05, 4.69) is 91.0 Å². The van der Waals surface area contributed by atoms with Gasteiger partial charge in [0.25, 0.3) is 0 Å². The Bertz CT molecular complexity index is 631. The van der Waals surface area contributed by atoms with Crippen LogP contribution in [0.25, 0.3) is 0 Å². The molecular weight excluding hydrogens is 523 g/mol. The maximum absolute atomic E-state index is 7.10. The maximum atomic E-state index is 7.10. The Balaban J connectivity index is 3.43. The first-order chi connectivity index (χ1) is 15.8. The molecule has 0 aromatic heterocycles. The van der Waals surface area contributed by atoms with Gasteiger partial charge in [0, 0.05) is 0 Å². The van der Waals surface area contributed by atoms with Crippen LogP contribution < -0.4 is 5.19 Å². The Kier molecular flexibility index (Phi) is 15.6. The van der Waals surface area contributed by atoms with E-state index in [1.54, 1.807) is 13.3 Å². The first-order valence-electron chi connectivity index (χ1n) is 14.2. The van der Waals surface area contributed by atoms with Gasteiger partial charge in [0.15, 0.2) is 0 Å². The van der Waals surface area contributed by atoms with Gasteiger partial charge in [0.2, 0.25) is 0 Å². The summed E-state index contributed by atoms with van der Waals surface area (Å²) in [5.41, 5.74) is 0. The number of hydrogen-bond donors (Lipinski definition) is 0. The second kappa shape index (κ2) is 16.6. The molecule has 0 saturated carbocycles. The number of allylic oxidation sites excluding steroid dienone is 1. The zero-order valence-electron chi connectivity index (χ0n) is 23.5. The third kappa shape index (κ3) is 10.6. The van der Waals surface area contributed by atoms with E-state index in [0.717, 1.165) is 0 Å². The van der Waals surface area contributed by atoms with Crippen LogP contribution in [-0.2, 0) is 4.43 Å². The normalized spacial score (nSPS) is 14.2. The predicted octanol–water partition coefficient (Wildman–Crippen LogP) is 9.64. The van der Waals surface area contributed by atoms with E-state index in [1.165, 1.54) is 63.0 Å². The van der Waals surface area contributed by atoms with E-state index in [1.807, 2.05) is 3.59 Å². The van der Waals surface area contributed by atoms with Gasteiger partial charge < -0.3 is 0 Å². The predicted molar refractivity (Wildman–Crippen MR) is 156 cm³/mol. The van der Waals surface area contributed by atoms with Crippen LogP contribution >= 0.6 is 0 Å². The third-order valence-corrected chi connectivity index (χ3v) is 26.3. The van der Waals surface area contributed by atoms with Gasteiger partial charge in [-0.15, -0.1) is 0 Å². The monoisotopic (exact) mass is 580 g/mol. The van der Waals surface area contributed by atoms with Crippen LogP contribution in [0.3, 0.4) is 0 Å². The fourth-order valence-corrected chi connectivity index (χ4v) is 24.5. The van der Waals surface area contributed by atoms with Crippen molar-refractivity contribution in [3.8, 4) is 0 Å². The van der Waals surface area contributed by atoms with Crippen LogP contribution in [0.15, 0.2) is 40.0 Å². The van der Waals surface area contributed by atoms with Crippen LogP contribution in [0.2, 0.25) is 26.4 Å². The summed E-state index contributed by atoms with van der Waals surface area (Å²) in [6.45, 7) is 19.0. The number of rotatable bonds is 18. The van der Waals surface area contributed by atoms with E-state index >= 15 is 0 Å². The molecule has 1 unspecified atom stereocenters. The molecule has 1 atom stereocenters. The molecule has 33 heavy (non-hydrogen) atoms. The number of hydrogen-bond acceptors (Lipinski definition) is 1. The summed E-state index contributed by atoms with van der Waals surface area (Å²) in [6, 6.07) is 11.0. The Morgan fingerprint density at radius 1 is 0.818 bits per heavy atom. The van der Waals surface area contributed by atoms with Gasteiger partial charge >= 0.3 is 214 Å². The van der Waals surface area contributed by atoms with Gasteiger partial charge in [0.1, 0.15) is 0 Å². The molecule has 0 bridgehead atoms. The summed E-state index contributed by atoms with van der Waals surface area (Å²) in [5, 5.41) is 1.41. The van der Waals surface area contributed by atoms with E-state index < -0.39 is 26.7 Å². The molecule has 190 valence electrons. The molecule has 0 amide bonds. The van der Waals surface area contributed by atoms with Crippen molar-refractivity contribution < 1.29 is 4.43 Å². The summed E-state index contributed by atoms with van der Waals surface area (Å²) in [5.74, 6) is 0.518. The van der Waals surface area contributed by atoms with Crippen LogP contribution in [-0.4, -0.2) is 32.8 Å². The zero-order valence-corrected chi connectivity index (χ0v) is 27.4. The molecular formula is C30H56OSiSn. The topological polar surface area (TPSA) is 9.23 Å². The Morgan fingerprint density at radius 2 is 1.30 bits per heavy atom. The van der Waals surface area contributed by atoms with Crippen LogP contribution in [0, 0.1) is 5.92 Å². The summed E-state index contributed by atoms with van der Waals surface area (Å²) in [4.78, 5) is 0. The molecule has 1 aromatic carbocycles. The van der Waals surface area contributed by atoms with E-state index in [-0.39, 0.29) is 6.10 Å². The van der Waals surface area contributed by atoms with Gasteiger partial charge in [-0.25, -0.2) is 0 Å². The van der Waals surface area contributed by atoms with Gasteiger partial charge in [-0.1, -0.05) is 0 Å². The third-order valence-electron chi connectivity index (χ3n) is 7.43. The molecule has 0 aliphatic rings. The first-order valence-corrected chi connectivity index (χ1v) is 24.6. The van der Waals surface area contributed by atoms with Crippen molar-refractivity contribution in [1.29, 1.82) is 0 Å². The SMILES string of the molecule is CCCC/[C](=C/C(O[Si](C)(C)c1ccccc1)C(C)C)[Sn]([CH2]CCC)([CH2]CCC)[CH2]CCC. The minimum absolute atomic E-state index is 0.250. The first kappa shape index (κ1) is 31.0. The van der Waals surface area contributed by atoms with Crippen LogP contribution in [0.5, 0.6) is 0 Å². The minimum atomic E-state index is -2.44. The van der Waals surface area contributed by atoms with Crippen molar-refractivity contribution in [1.82, 2.24) is 0 Å². The molecule has 0 aliphatic heterocycles. The van der Waals surface area contributed by atoms with Crippen molar-refractivity contribution in [2.75, 3.05) is 0 Å². The molecule has 3 heteroatoms. The van der Waals surface area contributed by atoms with E-state index in [0.29, 0.717) is 5.92 Å². The molecule has 0 spiro atoms. The Hall–Kier alpha value is -0.0644. The van der Waals surface area contributed by atoms with Crippen molar-refractivity contribution in [3.63, 3.8) is 0 Å². The average molecular weight is 580 g/mol. The van der Waals surface area contributed by atoms with Gasteiger partial charge in [0.05, 0.1) is 0 Å². The molecule has 0 aliphatic carbocycles. The summed E-state index contributed by atoms with van der Waals surface area (Å²) in [6.07, 6.45) is 15.3. The van der Waals surface area contributed by atoms with Gasteiger partial charge in [-0.05, 0) is 0 Å². The van der Waals surface area contributed by atoms with Gasteiger partial charge in [-0.3, -0.25) is 0 Å². The molecule has 0 radical (unpaired) electrons. The van der Waals surface area contributed by atoms with Crippen LogP contribution in [0.1, 0.15) is 99.3 Å². The van der Waals surface area contributed by atoms with Crippen molar-refractivity contribution in [3.05, 3.63) is 40.0 Å². The number of unbranched alkanes of at least 4 members (excludes halogenated alkanes) is 4. The molecule has 0 heterocycles. The van der Waals surface area contributed by atoms with E-state index in [4.69, 9.17) is 4.43 Å². The molecule has 0 saturated heterocycles. The zero-order chi connectivity index (χ0) is 24.7. The second-order valence-electron chi connectivity index (χ2n) is 11.1. The van der Waals surface area contributed by atoms with Gasteiger partial charge in [-0.2, -0.15) is 0 Å². The number of benzene rings is 1. The van der Waals surface area contributed by atoms with Crippen molar-refractivity contribution >= 4 is 31.9 Å². The Morgan fingerprint density at radius 3 is 1.73 bits per heavy atom. The average Bonchev–Trinajstić information content (AvgIpc) is 2.81. The molecule has 0 fully saturated rings. The Labute approximate surface area is 213 Å². The molecule has 1 aromatic rings. The molecule has 1 nitrogen and oxygen atoms in total. The summed E-state index contributed by atoms with van der Waals surface area (Å²) in [7, 11) is -1.96. The standard InChI is InChI=1S/C18H29OSi.3C4H9.Sn/c1-6-7-8-12-15-18(16(2)3)19-20(4,5)17-13-10-9-11-14-17;3*1-3-4-2;/h9-11,13-16,18H,6-8H2,1-5H3;3*1,3-4H2,2H3;. The van der Waals surface area contributed by atoms with Crippen LogP contribution in [0.4, 0.5) is 0 Å². The van der Waals surface area contributed by atoms with E-state index in [9.17, 15) is 0 Å². The summed E-state index contributed by atoms with van der Waals surface area (Å²) >= 11 is -2.44. The quantitative estimate of drug-likeness (QED) is 0.157. The fourth-order valence-electron chi connectivity index (χ4n) is 5.10. The summed E-state index contributed by atoms with van der Waals surface area (Å²) < 4.78 is 13.7. The molecule has 0 N–H and O–H groups in total.